The fourth-order valence-corrected chi connectivity index (χ4v) is 3.18. The van der Waals surface area contributed by atoms with E-state index in [4.69, 9.17) is 11.6 Å². The summed E-state index contributed by atoms with van der Waals surface area (Å²) < 4.78 is 0. The van der Waals surface area contributed by atoms with Crippen molar-refractivity contribution in [2.24, 2.45) is 5.92 Å². The molecule has 0 aliphatic carbocycles. The first-order chi connectivity index (χ1) is 9.43. The van der Waals surface area contributed by atoms with E-state index in [1.807, 2.05) is 19.1 Å². The number of alkyl halides is 1. The third-order valence-electron chi connectivity index (χ3n) is 3.55. The van der Waals surface area contributed by atoms with Crippen LogP contribution in [0, 0.1) is 16.0 Å². The highest BCUT2D eigenvalue weighted by atomic mass is 35.5. The highest BCUT2D eigenvalue weighted by Crippen LogP contribution is 2.37. The van der Waals surface area contributed by atoms with Gasteiger partial charge in [0.05, 0.1) is 4.92 Å². The van der Waals surface area contributed by atoms with Gasteiger partial charge in [0, 0.05) is 28.9 Å². The summed E-state index contributed by atoms with van der Waals surface area (Å²) in [6, 6.07) is 7.01. The number of nitrogens with zero attached hydrogens (tertiary/aromatic N) is 2. The van der Waals surface area contributed by atoms with E-state index in [1.165, 1.54) is 6.07 Å². The Morgan fingerprint density at radius 3 is 2.50 bits per heavy atom. The zero-order chi connectivity index (χ0) is 14.9. The average molecular weight is 293 g/mol. The van der Waals surface area contributed by atoms with Gasteiger partial charge in [-0.1, -0.05) is 26.0 Å². The van der Waals surface area contributed by atoms with Crippen molar-refractivity contribution in [3.8, 4) is 0 Å². The van der Waals surface area contributed by atoms with Crippen molar-refractivity contribution in [2.45, 2.75) is 32.1 Å². The number of nitro groups is 1. The normalized spacial score (nSPS) is 14.4. The molecule has 0 fully saturated rings. The molecule has 0 saturated heterocycles. The molecule has 106 valence electrons. The molecule has 0 saturated carbocycles. The van der Waals surface area contributed by atoms with Crippen LogP contribution in [0.4, 0.5) is 5.69 Å². The monoisotopic (exact) mass is 292 g/mol. The molecule has 0 bridgehead atoms. The molecule has 0 amide bonds. The standard InChI is InChI=1S/C15H17ClN2O2/c1-9(2)14(10(3)16)11-6-7-13(18(19)20)15-12(11)5-4-8-17-15/h4-10,14H,1-3H3. The largest absolute Gasteiger partial charge is 0.295 e. The molecular formula is C15H17ClN2O2. The predicted molar refractivity (Wildman–Crippen MR) is 81.3 cm³/mol. The molecule has 4 nitrogen and oxygen atoms in total. The second-order valence-corrected chi connectivity index (χ2v) is 5.97. The zero-order valence-electron chi connectivity index (χ0n) is 11.7. The molecule has 2 unspecified atom stereocenters. The maximum absolute atomic E-state index is 11.1. The van der Waals surface area contributed by atoms with E-state index < -0.39 is 4.92 Å². The van der Waals surface area contributed by atoms with Crippen molar-refractivity contribution in [1.82, 2.24) is 4.98 Å². The second kappa shape index (κ2) is 5.75. The van der Waals surface area contributed by atoms with Crippen molar-refractivity contribution in [3.05, 3.63) is 46.1 Å². The summed E-state index contributed by atoms with van der Waals surface area (Å²) in [4.78, 5) is 14.9. The maximum atomic E-state index is 11.1. The molecule has 0 radical (unpaired) electrons. The van der Waals surface area contributed by atoms with E-state index in [0.717, 1.165) is 10.9 Å². The summed E-state index contributed by atoms with van der Waals surface area (Å²) in [5, 5.41) is 11.9. The Bertz CT molecular complexity index is 633. The third kappa shape index (κ3) is 2.61. The van der Waals surface area contributed by atoms with E-state index >= 15 is 0 Å². The lowest BCUT2D eigenvalue weighted by molar-refractivity contribution is -0.383. The minimum absolute atomic E-state index is 0.0362. The molecule has 0 aliphatic rings. The minimum Gasteiger partial charge on any atom is -0.258 e. The number of rotatable bonds is 4. The van der Waals surface area contributed by atoms with Gasteiger partial charge in [0.2, 0.25) is 0 Å². The number of hydrogen-bond donors (Lipinski definition) is 0. The molecule has 5 heteroatoms. The van der Waals surface area contributed by atoms with Crippen LogP contribution in [0.15, 0.2) is 30.5 Å². The summed E-state index contributed by atoms with van der Waals surface area (Å²) in [5.41, 5.74) is 1.49. The minimum atomic E-state index is -0.395. The Labute approximate surface area is 122 Å². The van der Waals surface area contributed by atoms with Crippen molar-refractivity contribution in [1.29, 1.82) is 0 Å². The van der Waals surface area contributed by atoms with Crippen molar-refractivity contribution in [2.75, 3.05) is 0 Å². The lowest BCUT2D eigenvalue weighted by Crippen LogP contribution is -2.16. The maximum Gasteiger partial charge on any atom is 0.295 e. The number of benzene rings is 1. The zero-order valence-corrected chi connectivity index (χ0v) is 12.5. The van der Waals surface area contributed by atoms with E-state index in [2.05, 4.69) is 18.8 Å². The average Bonchev–Trinajstić information content (AvgIpc) is 2.37. The summed E-state index contributed by atoms with van der Waals surface area (Å²) in [6.45, 7) is 6.16. The van der Waals surface area contributed by atoms with Crippen LogP contribution in [0.5, 0.6) is 0 Å². The molecule has 0 aliphatic heterocycles. The first kappa shape index (κ1) is 14.7. The molecule has 20 heavy (non-hydrogen) atoms. The highest BCUT2D eigenvalue weighted by molar-refractivity contribution is 6.21. The highest BCUT2D eigenvalue weighted by Gasteiger charge is 2.25. The van der Waals surface area contributed by atoms with Crippen molar-refractivity contribution >= 4 is 28.2 Å². The first-order valence-corrected chi connectivity index (χ1v) is 7.03. The number of pyridine rings is 1. The fourth-order valence-electron chi connectivity index (χ4n) is 2.75. The van der Waals surface area contributed by atoms with Crippen LogP contribution in [0.1, 0.15) is 32.3 Å². The van der Waals surface area contributed by atoms with Crippen LogP contribution in [-0.4, -0.2) is 15.3 Å². The van der Waals surface area contributed by atoms with Gasteiger partial charge in [0.25, 0.3) is 5.69 Å². The quantitative estimate of drug-likeness (QED) is 0.473. The smallest absolute Gasteiger partial charge is 0.258 e. The molecule has 0 spiro atoms. The lowest BCUT2D eigenvalue weighted by atomic mass is 9.84. The Morgan fingerprint density at radius 2 is 1.95 bits per heavy atom. The molecule has 0 N–H and O–H groups in total. The van der Waals surface area contributed by atoms with Crippen molar-refractivity contribution < 1.29 is 4.92 Å². The van der Waals surface area contributed by atoms with Crippen LogP contribution in [0.2, 0.25) is 0 Å². The summed E-state index contributed by atoms with van der Waals surface area (Å²) in [6.07, 6.45) is 1.58. The van der Waals surface area contributed by atoms with Gasteiger partial charge in [-0.15, -0.1) is 11.6 Å². The third-order valence-corrected chi connectivity index (χ3v) is 3.82. The summed E-state index contributed by atoms with van der Waals surface area (Å²) in [7, 11) is 0. The Balaban J connectivity index is 2.73. The summed E-state index contributed by atoms with van der Waals surface area (Å²) >= 11 is 6.32. The Morgan fingerprint density at radius 1 is 1.25 bits per heavy atom. The first-order valence-electron chi connectivity index (χ1n) is 6.59. The van der Waals surface area contributed by atoms with Gasteiger partial charge in [-0.3, -0.25) is 10.1 Å². The van der Waals surface area contributed by atoms with Gasteiger partial charge in [0.15, 0.2) is 0 Å². The van der Waals surface area contributed by atoms with E-state index in [1.54, 1.807) is 12.3 Å². The van der Waals surface area contributed by atoms with Crippen LogP contribution < -0.4 is 0 Å². The number of nitro benzene ring substituents is 1. The lowest BCUT2D eigenvalue weighted by Gasteiger charge is -2.25. The van der Waals surface area contributed by atoms with Gasteiger partial charge in [-0.05, 0) is 24.5 Å². The van der Waals surface area contributed by atoms with Crippen LogP contribution in [0.3, 0.4) is 0 Å². The molecular weight excluding hydrogens is 276 g/mol. The van der Waals surface area contributed by atoms with Gasteiger partial charge in [-0.25, -0.2) is 4.98 Å². The van der Waals surface area contributed by atoms with Crippen molar-refractivity contribution in [3.63, 3.8) is 0 Å². The molecule has 1 aromatic heterocycles. The molecule has 2 rings (SSSR count). The molecule has 2 atom stereocenters. The second-order valence-electron chi connectivity index (χ2n) is 5.28. The van der Waals surface area contributed by atoms with Gasteiger partial charge in [-0.2, -0.15) is 0 Å². The van der Waals surface area contributed by atoms with Crippen LogP contribution in [-0.2, 0) is 0 Å². The molecule has 1 heterocycles. The van der Waals surface area contributed by atoms with Crippen LogP contribution in [0.25, 0.3) is 10.9 Å². The number of non-ortho nitro benzene ring substituents is 1. The molecule has 1 aromatic carbocycles. The number of hydrogen-bond acceptors (Lipinski definition) is 3. The number of halogens is 1. The van der Waals surface area contributed by atoms with E-state index in [0.29, 0.717) is 11.4 Å². The van der Waals surface area contributed by atoms with Gasteiger partial charge < -0.3 is 0 Å². The van der Waals surface area contributed by atoms with Gasteiger partial charge >= 0.3 is 0 Å². The Hall–Kier alpha value is -1.68. The number of aromatic nitrogens is 1. The van der Waals surface area contributed by atoms with E-state index in [9.17, 15) is 10.1 Å². The number of fused-ring (bicyclic) bond motifs is 1. The SMILES string of the molecule is CC(C)C(c1ccc([N+](=O)[O-])c2ncccc12)C(C)Cl. The van der Waals surface area contributed by atoms with Gasteiger partial charge in [0.1, 0.15) is 5.52 Å². The Kier molecular flexibility index (Phi) is 4.23. The topological polar surface area (TPSA) is 56.0 Å². The predicted octanol–water partition coefficient (Wildman–Crippen LogP) is 4.51. The summed E-state index contributed by atoms with van der Waals surface area (Å²) in [5.74, 6) is 0.469. The fraction of sp³-hybridized carbons (Fsp3) is 0.400. The van der Waals surface area contributed by atoms with E-state index in [-0.39, 0.29) is 17.0 Å². The van der Waals surface area contributed by atoms with Crippen LogP contribution >= 0.6 is 11.6 Å². The molecule has 2 aromatic rings.